The molecule has 0 fully saturated rings. The smallest absolute Gasteiger partial charge is 0.230 e. The van der Waals surface area contributed by atoms with Crippen molar-refractivity contribution in [2.45, 2.75) is 25.7 Å². The summed E-state index contributed by atoms with van der Waals surface area (Å²) in [6.07, 6.45) is 1.07. The number of nitrogens with zero attached hydrogens (tertiary/aromatic N) is 1. The number of benzene rings is 1. The first kappa shape index (κ1) is 18.9. The fourth-order valence-electron chi connectivity index (χ4n) is 2.51. The van der Waals surface area contributed by atoms with E-state index in [0.29, 0.717) is 22.9 Å². The quantitative estimate of drug-likeness (QED) is 0.779. The number of hydrogen-bond acceptors (Lipinski definition) is 5. The Kier molecular flexibility index (Phi) is 6.90. The Labute approximate surface area is 151 Å². The van der Waals surface area contributed by atoms with Crippen LogP contribution in [-0.4, -0.2) is 31.2 Å². The molecule has 2 N–H and O–H groups in total. The molecule has 1 aromatic carbocycles. The van der Waals surface area contributed by atoms with Crippen LogP contribution in [0, 0.1) is 11.3 Å². The number of carbonyl (C=O) groups excluding carboxylic acids is 2. The third-order valence-corrected chi connectivity index (χ3v) is 4.81. The molecule has 132 valence electrons. The largest absolute Gasteiger partial charge is 0.497 e. The van der Waals surface area contributed by atoms with Gasteiger partial charge in [-0.25, -0.2) is 0 Å². The van der Waals surface area contributed by atoms with Gasteiger partial charge in [0.25, 0.3) is 0 Å². The second kappa shape index (κ2) is 9.14. The lowest BCUT2D eigenvalue weighted by molar-refractivity contribution is -0.121. The minimum absolute atomic E-state index is 0.113. The summed E-state index contributed by atoms with van der Waals surface area (Å²) in [6.45, 7) is 2.59. The van der Waals surface area contributed by atoms with E-state index in [1.54, 1.807) is 7.11 Å². The molecule has 0 radical (unpaired) electrons. The van der Waals surface area contributed by atoms with Crippen molar-refractivity contribution in [3.8, 4) is 11.8 Å². The summed E-state index contributed by atoms with van der Waals surface area (Å²) < 4.78 is 5.14. The van der Waals surface area contributed by atoms with Gasteiger partial charge in [-0.15, -0.1) is 0 Å². The zero-order chi connectivity index (χ0) is 18.2. The molecular formula is C18H21N3O3S. The maximum Gasteiger partial charge on any atom is 0.230 e. The highest BCUT2D eigenvalue weighted by Crippen LogP contribution is 2.36. The maximum atomic E-state index is 12.1. The number of allylic oxidation sites excluding steroid dienone is 1. The Hall–Kier alpha value is -2.46. The van der Waals surface area contributed by atoms with Crippen molar-refractivity contribution in [2.75, 3.05) is 19.4 Å². The molecule has 0 saturated carbocycles. The molecular weight excluding hydrogens is 338 g/mol. The number of ether oxygens (including phenoxy) is 1. The molecule has 6 nitrogen and oxygen atoms in total. The third-order valence-electron chi connectivity index (χ3n) is 3.79. The number of amides is 2. The average molecular weight is 359 g/mol. The summed E-state index contributed by atoms with van der Waals surface area (Å²) >= 11 is 1.19. The van der Waals surface area contributed by atoms with Gasteiger partial charge in [-0.1, -0.05) is 30.8 Å². The number of nitriles is 1. The second-order valence-electron chi connectivity index (χ2n) is 5.57. The highest BCUT2D eigenvalue weighted by atomic mass is 32.2. The zero-order valence-electron chi connectivity index (χ0n) is 14.3. The number of hydrogen-bond donors (Lipinski definition) is 2. The summed E-state index contributed by atoms with van der Waals surface area (Å²) in [7, 11) is 1.59. The third kappa shape index (κ3) is 5.00. The molecule has 2 amide bonds. The van der Waals surface area contributed by atoms with Gasteiger partial charge in [-0.05, 0) is 24.1 Å². The minimum Gasteiger partial charge on any atom is -0.497 e. The first-order valence-corrected chi connectivity index (χ1v) is 9.05. The molecule has 1 aliphatic heterocycles. The van der Waals surface area contributed by atoms with Crippen LogP contribution in [0.3, 0.4) is 0 Å². The van der Waals surface area contributed by atoms with Gasteiger partial charge in [0.05, 0.1) is 29.5 Å². The Morgan fingerprint density at radius 1 is 1.44 bits per heavy atom. The van der Waals surface area contributed by atoms with E-state index >= 15 is 0 Å². The summed E-state index contributed by atoms with van der Waals surface area (Å²) in [5.74, 6) is 0.296. The minimum atomic E-state index is -0.314. The Morgan fingerprint density at radius 3 is 2.76 bits per heavy atom. The van der Waals surface area contributed by atoms with Gasteiger partial charge >= 0.3 is 0 Å². The Balaban J connectivity index is 2.20. The normalized spacial score (nSPS) is 16.8. The standard InChI is InChI=1S/C18H21N3O3S/c1-3-8-20-17(23)11-25-18-15(10-19)14(9-16(22)21-18)12-4-6-13(24-2)7-5-12/h4-7,14H,3,8-9,11H2,1-2H3,(H,20,23)(H,21,22)/t14-/m0/s1. The van der Waals surface area contributed by atoms with E-state index in [4.69, 9.17) is 4.74 Å². The van der Waals surface area contributed by atoms with E-state index in [0.717, 1.165) is 12.0 Å². The highest BCUT2D eigenvalue weighted by molar-refractivity contribution is 8.03. The molecule has 0 aliphatic carbocycles. The van der Waals surface area contributed by atoms with E-state index in [2.05, 4.69) is 16.7 Å². The van der Waals surface area contributed by atoms with Crippen LogP contribution in [0.4, 0.5) is 0 Å². The molecule has 25 heavy (non-hydrogen) atoms. The molecule has 0 saturated heterocycles. The monoisotopic (exact) mass is 359 g/mol. The topological polar surface area (TPSA) is 91.2 Å². The maximum absolute atomic E-state index is 12.1. The lowest BCUT2D eigenvalue weighted by atomic mass is 9.87. The Morgan fingerprint density at radius 2 is 2.16 bits per heavy atom. The molecule has 7 heteroatoms. The fraction of sp³-hybridized carbons (Fsp3) is 0.389. The summed E-state index contributed by atoms with van der Waals surface area (Å²) in [5.41, 5.74) is 1.36. The predicted octanol–water partition coefficient (Wildman–Crippen LogP) is 2.29. The fourth-order valence-corrected chi connectivity index (χ4v) is 3.41. The number of methoxy groups -OCH3 is 1. The van der Waals surface area contributed by atoms with Crippen LogP contribution in [0.15, 0.2) is 34.9 Å². The molecule has 0 unspecified atom stereocenters. The molecule has 1 aliphatic rings. The number of carbonyl (C=O) groups is 2. The van der Waals surface area contributed by atoms with E-state index in [1.165, 1.54) is 11.8 Å². The van der Waals surface area contributed by atoms with E-state index in [9.17, 15) is 14.9 Å². The van der Waals surface area contributed by atoms with Crippen LogP contribution in [0.25, 0.3) is 0 Å². The number of thioether (sulfide) groups is 1. The van der Waals surface area contributed by atoms with Crippen LogP contribution >= 0.6 is 11.8 Å². The molecule has 1 heterocycles. The van der Waals surface area contributed by atoms with Gasteiger partial charge in [0.2, 0.25) is 11.8 Å². The first-order chi connectivity index (χ1) is 12.1. The number of rotatable bonds is 7. The molecule has 2 rings (SSSR count). The highest BCUT2D eigenvalue weighted by Gasteiger charge is 2.29. The van der Waals surface area contributed by atoms with Gasteiger partial charge in [-0.3, -0.25) is 9.59 Å². The Bertz CT molecular complexity index is 707. The van der Waals surface area contributed by atoms with Crippen molar-refractivity contribution < 1.29 is 14.3 Å². The summed E-state index contributed by atoms with van der Waals surface area (Å²) in [4.78, 5) is 23.8. The van der Waals surface area contributed by atoms with Crippen LogP contribution in [0.1, 0.15) is 31.2 Å². The molecule has 1 aromatic rings. The second-order valence-corrected chi connectivity index (χ2v) is 6.56. The predicted molar refractivity (Wildman–Crippen MR) is 96.9 cm³/mol. The van der Waals surface area contributed by atoms with Crippen LogP contribution < -0.4 is 15.4 Å². The van der Waals surface area contributed by atoms with Gasteiger partial charge in [0, 0.05) is 18.9 Å². The molecule has 1 atom stereocenters. The molecule has 0 aromatic heterocycles. The first-order valence-electron chi connectivity index (χ1n) is 8.06. The number of nitrogens with one attached hydrogen (secondary N) is 2. The van der Waals surface area contributed by atoms with E-state index in [-0.39, 0.29) is 29.9 Å². The van der Waals surface area contributed by atoms with Gasteiger partial charge < -0.3 is 15.4 Å². The van der Waals surface area contributed by atoms with Crippen molar-refractivity contribution in [1.82, 2.24) is 10.6 Å². The summed E-state index contributed by atoms with van der Waals surface area (Å²) in [6, 6.07) is 9.53. The lowest BCUT2D eigenvalue weighted by Crippen LogP contribution is -2.32. The van der Waals surface area contributed by atoms with E-state index < -0.39 is 0 Å². The zero-order valence-corrected chi connectivity index (χ0v) is 15.1. The van der Waals surface area contributed by atoms with E-state index in [1.807, 2.05) is 31.2 Å². The lowest BCUT2D eigenvalue weighted by Gasteiger charge is -2.25. The van der Waals surface area contributed by atoms with Gasteiger partial charge in [0.1, 0.15) is 5.75 Å². The van der Waals surface area contributed by atoms with Gasteiger partial charge in [0.15, 0.2) is 0 Å². The van der Waals surface area contributed by atoms with Gasteiger partial charge in [-0.2, -0.15) is 5.26 Å². The van der Waals surface area contributed by atoms with Crippen molar-refractivity contribution >= 4 is 23.6 Å². The SMILES string of the molecule is CCCNC(=O)CSC1=C(C#N)[C@H](c2ccc(OC)cc2)CC(=O)N1. The van der Waals surface area contributed by atoms with Crippen LogP contribution in [0.2, 0.25) is 0 Å². The van der Waals surface area contributed by atoms with Crippen LogP contribution in [0.5, 0.6) is 5.75 Å². The molecule has 0 bridgehead atoms. The van der Waals surface area contributed by atoms with Crippen molar-refractivity contribution in [2.24, 2.45) is 0 Å². The van der Waals surface area contributed by atoms with Crippen molar-refractivity contribution in [3.05, 3.63) is 40.4 Å². The average Bonchev–Trinajstić information content (AvgIpc) is 2.64. The molecule has 0 spiro atoms. The van der Waals surface area contributed by atoms with Crippen LogP contribution in [-0.2, 0) is 9.59 Å². The van der Waals surface area contributed by atoms with Crippen molar-refractivity contribution in [3.63, 3.8) is 0 Å². The van der Waals surface area contributed by atoms with Crippen molar-refractivity contribution in [1.29, 1.82) is 5.26 Å². The summed E-state index contributed by atoms with van der Waals surface area (Å²) in [5, 5.41) is 15.6.